The van der Waals surface area contributed by atoms with Crippen LogP contribution in [0.3, 0.4) is 0 Å². The molecule has 8 nitrogen and oxygen atoms in total. The van der Waals surface area contributed by atoms with Crippen molar-refractivity contribution < 1.29 is 23.9 Å². The number of nitrogens with one attached hydrogen (secondary N) is 2. The lowest BCUT2D eigenvalue weighted by Crippen LogP contribution is -2.43. The Kier molecular flexibility index (Phi) is 6.91. The van der Waals surface area contributed by atoms with Gasteiger partial charge in [0.05, 0.1) is 5.92 Å². The van der Waals surface area contributed by atoms with Crippen LogP contribution in [0.15, 0.2) is 42.5 Å². The summed E-state index contributed by atoms with van der Waals surface area (Å²) in [5.74, 6) is -2.71. The average molecular weight is 444 g/mol. The molecular formula is C22H22ClN3O5. The highest BCUT2D eigenvalue weighted by molar-refractivity contribution is 6.30. The molecule has 0 bridgehead atoms. The van der Waals surface area contributed by atoms with Crippen molar-refractivity contribution in [3.63, 3.8) is 0 Å². The summed E-state index contributed by atoms with van der Waals surface area (Å²) in [5, 5.41) is 0.481. The van der Waals surface area contributed by atoms with Gasteiger partial charge in [-0.2, -0.15) is 0 Å². The fraction of sp³-hybridized carbons (Fsp3) is 0.273. The fourth-order valence-electron chi connectivity index (χ4n) is 3.22. The number of carbonyl (C=O) groups excluding carboxylic acids is 4. The second-order valence-electron chi connectivity index (χ2n) is 7.24. The summed E-state index contributed by atoms with van der Waals surface area (Å²) >= 11 is 5.76. The zero-order valence-electron chi connectivity index (χ0n) is 17.1. The Morgan fingerprint density at radius 3 is 2.52 bits per heavy atom. The summed E-state index contributed by atoms with van der Waals surface area (Å²) < 4.78 is 5.03. The van der Waals surface area contributed by atoms with Crippen molar-refractivity contribution >= 4 is 41.0 Å². The lowest BCUT2D eigenvalue weighted by molar-refractivity contribution is -0.152. The van der Waals surface area contributed by atoms with Crippen LogP contribution in [-0.4, -0.2) is 36.8 Å². The first-order valence-corrected chi connectivity index (χ1v) is 10.0. The van der Waals surface area contributed by atoms with Gasteiger partial charge in [0, 0.05) is 29.2 Å². The summed E-state index contributed by atoms with van der Waals surface area (Å²) in [6.45, 7) is 3.49. The molecule has 9 heteroatoms. The molecule has 162 valence electrons. The lowest BCUT2D eigenvalue weighted by Gasteiger charge is -2.20. The lowest BCUT2D eigenvalue weighted by atomic mass is 10.1. The molecule has 0 radical (unpaired) electrons. The van der Waals surface area contributed by atoms with Crippen LogP contribution in [-0.2, 0) is 19.1 Å². The Morgan fingerprint density at radius 2 is 1.81 bits per heavy atom. The van der Waals surface area contributed by atoms with E-state index in [1.54, 1.807) is 17.0 Å². The first kappa shape index (κ1) is 22.3. The molecule has 0 aromatic heterocycles. The fourth-order valence-corrected chi connectivity index (χ4v) is 3.34. The van der Waals surface area contributed by atoms with Gasteiger partial charge in [-0.15, -0.1) is 0 Å². The van der Waals surface area contributed by atoms with E-state index in [-0.39, 0.29) is 18.9 Å². The van der Waals surface area contributed by atoms with E-state index in [2.05, 4.69) is 10.9 Å². The number of esters is 1. The zero-order chi connectivity index (χ0) is 22.5. The molecule has 31 heavy (non-hydrogen) atoms. The number of anilines is 1. The van der Waals surface area contributed by atoms with E-state index >= 15 is 0 Å². The van der Waals surface area contributed by atoms with Crippen molar-refractivity contribution in [2.24, 2.45) is 5.92 Å². The van der Waals surface area contributed by atoms with E-state index in [4.69, 9.17) is 16.3 Å². The van der Waals surface area contributed by atoms with Crippen LogP contribution >= 0.6 is 11.6 Å². The third-order valence-corrected chi connectivity index (χ3v) is 5.34. The predicted octanol–water partition coefficient (Wildman–Crippen LogP) is 2.31. The van der Waals surface area contributed by atoms with E-state index in [0.717, 1.165) is 16.8 Å². The Hall–Kier alpha value is -3.39. The third-order valence-electron chi connectivity index (χ3n) is 5.09. The maximum atomic E-state index is 12.4. The van der Waals surface area contributed by atoms with E-state index in [9.17, 15) is 19.2 Å². The molecule has 3 amide bonds. The molecule has 0 saturated carbocycles. The quantitative estimate of drug-likeness (QED) is 0.545. The molecule has 1 saturated heterocycles. The van der Waals surface area contributed by atoms with Crippen molar-refractivity contribution in [2.75, 3.05) is 18.1 Å². The minimum atomic E-state index is -0.702. The predicted molar refractivity (Wildman–Crippen MR) is 114 cm³/mol. The Bertz CT molecular complexity index is 1020. The summed E-state index contributed by atoms with van der Waals surface area (Å²) in [6.07, 6.45) is 0.0150. The van der Waals surface area contributed by atoms with Crippen LogP contribution in [0.5, 0.6) is 0 Å². The molecule has 2 N–H and O–H groups in total. The molecule has 1 aliphatic heterocycles. The first-order valence-electron chi connectivity index (χ1n) is 9.64. The highest BCUT2D eigenvalue weighted by Crippen LogP contribution is 2.29. The van der Waals surface area contributed by atoms with E-state index in [1.165, 1.54) is 12.1 Å². The van der Waals surface area contributed by atoms with Crippen molar-refractivity contribution in [3.8, 4) is 0 Å². The van der Waals surface area contributed by atoms with Gasteiger partial charge >= 0.3 is 5.97 Å². The van der Waals surface area contributed by atoms with Gasteiger partial charge in [-0.1, -0.05) is 23.7 Å². The van der Waals surface area contributed by atoms with Crippen molar-refractivity contribution in [3.05, 3.63) is 64.2 Å². The van der Waals surface area contributed by atoms with Gasteiger partial charge in [0.15, 0.2) is 6.61 Å². The number of ether oxygens (including phenoxy) is 1. The molecule has 1 atom stereocenters. The van der Waals surface area contributed by atoms with Gasteiger partial charge in [0.25, 0.3) is 11.8 Å². The van der Waals surface area contributed by atoms with Gasteiger partial charge in [-0.05, 0) is 55.3 Å². The Labute approximate surface area is 184 Å². The van der Waals surface area contributed by atoms with Crippen molar-refractivity contribution in [2.45, 2.75) is 20.3 Å². The topological polar surface area (TPSA) is 105 Å². The zero-order valence-corrected chi connectivity index (χ0v) is 17.9. The molecule has 3 rings (SSSR count). The highest BCUT2D eigenvalue weighted by Gasteiger charge is 2.37. The van der Waals surface area contributed by atoms with Gasteiger partial charge in [0.2, 0.25) is 5.91 Å². The number of aryl methyl sites for hydroxylation is 1. The van der Waals surface area contributed by atoms with Crippen LogP contribution in [0.2, 0.25) is 5.02 Å². The number of amides is 3. The smallest absolute Gasteiger partial charge is 0.311 e. The molecule has 1 fully saturated rings. The van der Waals surface area contributed by atoms with E-state index in [1.807, 2.05) is 32.0 Å². The molecule has 2 aromatic carbocycles. The Morgan fingerprint density at radius 1 is 1.10 bits per heavy atom. The maximum Gasteiger partial charge on any atom is 0.311 e. The standard InChI is InChI=1S/C22H22ClN3O5/c1-13-4-3-5-18(14(13)2)26-11-16(10-20(26)28)22(30)31-12-19(27)24-25-21(29)15-6-8-17(23)9-7-15/h3-9,16H,10-12H2,1-2H3,(H,24,27)(H,25,29)/t16-/m1/s1. The molecular weight excluding hydrogens is 422 g/mol. The van der Waals surface area contributed by atoms with Gasteiger partial charge in [-0.3, -0.25) is 30.0 Å². The summed E-state index contributed by atoms with van der Waals surface area (Å²) in [7, 11) is 0. The van der Waals surface area contributed by atoms with Crippen LogP contribution in [0.25, 0.3) is 0 Å². The molecule has 2 aromatic rings. The normalized spacial score (nSPS) is 15.5. The number of halogens is 1. The third kappa shape index (κ3) is 5.40. The monoisotopic (exact) mass is 443 g/mol. The minimum absolute atomic E-state index is 0.0150. The van der Waals surface area contributed by atoms with Crippen LogP contribution in [0, 0.1) is 19.8 Å². The number of rotatable bonds is 5. The molecule has 0 unspecified atom stereocenters. The van der Waals surface area contributed by atoms with Gasteiger partial charge in [-0.25, -0.2) is 0 Å². The van der Waals surface area contributed by atoms with Crippen molar-refractivity contribution in [1.82, 2.24) is 10.9 Å². The molecule has 0 aliphatic carbocycles. The average Bonchev–Trinajstić information content (AvgIpc) is 3.14. The van der Waals surface area contributed by atoms with Crippen LogP contribution < -0.4 is 15.8 Å². The van der Waals surface area contributed by atoms with Gasteiger partial charge < -0.3 is 9.64 Å². The number of hydrogen-bond donors (Lipinski definition) is 2. The second kappa shape index (κ2) is 9.61. The van der Waals surface area contributed by atoms with Gasteiger partial charge in [0.1, 0.15) is 0 Å². The number of hydrazine groups is 1. The summed E-state index contributed by atoms with van der Waals surface area (Å²) in [6, 6.07) is 11.7. The van der Waals surface area contributed by atoms with E-state index < -0.39 is 30.3 Å². The van der Waals surface area contributed by atoms with Crippen LogP contribution in [0.4, 0.5) is 5.69 Å². The summed E-state index contributed by atoms with van der Waals surface area (Å²) in [4.78, 5) is 50.1. The van der Waals surface area contributed by atoms with Crippen LogP contribution in [0.1, 0.15) is 27.9 Å². The van der Waals surface area contributed by atoms with Crippen molar-refractivity contribution in [1.29, 1.82) is 0 Å². The summed E-state index contributed by atoms with van der Waals surface area (Å²) in [5.41, 5.74) is 7.49. The SMILES string of the molecule is Cc1cccc(N2C[C@H](C(=O)OCC(=O)NNC(=O)c3ccc(Cl)cc3)CC2=O)c1C. The largest absolute Gasteiger partial charge is 0.455 e. The number of nitrogens with zero attached hydrogens (tertiary/aromatic N) is 1. The first-order chi connectivity index (χ1) is 14.8. The molecule has 1 aliphatic rings. The number of benzene rings is 2. The number of carbonyl (C=O) groups is 4. The Balaban J connectivity index is 1.47. The highest BCUT2D eigenvalue weighted by atomic mass is 35.5. The maximum absolute atomic E-state index is 12.4. The molecule has 0 spiro atoms. The van der Waals surface area contributed by atoms with E-state index in [0.29, 0.717) is 10.6 Å². The molecule has 1 heterocycles. The number of hydrogen-bond acceptors (Lipinski definition) is 5. The minimum Gasteiger partial charge on any atom is -0.455 e. The second-order valence-corrected chi connectivity index (χ2v) is 7.68.